The first-order chi connectivity index (χ1) is 12.9. The molecule has 3 rings (SSSR count). The third kappa shape index (κ3) is 4.13. The first-order valence-electron chi connectivity index (χ1n) is 9.29. The molecule has 7 heteroatoms. The molecule has 0 spiro atoms. The molecule has 1 aromatic carbocycles. The van der Waals surface area contributed by atoms with Crippen molar-refractivity contribution >= 4 is 23.3 Å². The molecule has 144 valence electrons. The van der Waals surface area contributed by atoms with E-state index in [1.807, 2.05) is 52.0 Å². The molecule has 1 fully saturated rings. The summed E-state index contributed by atoms with van der Waals surface area (Å²) < 4.78 is 7.38. The summed E-state index contributed by atoms with van der Waals surface area (Å²) in [5.41, 5.74) is 1.69. The number of amides is 2. The van der Waals surface area contributed by atoms with Gasteiger partial charge in [0.1, 0.15) is 11.6 Å². The van der Waals surface area contributed by atoms with Gasteiger partial charge < -0.3 is 15.0 Å². The van der Waals surface area contributed by atoms with Crippen LogP contribution in [0.4, 0.5) is 11.5 Å². The van der Waals surface area contributed by atoms with Crippen molar-refractivity contribution in [3.63, 3.8) is 0 Å². The highest BCUT2D eigenvalue weighted by atomic mass is 16.5. The van der Waals surface area contributed by atoms with Crippen LogP contribution in [-0.4, -0.2) is 34.2 Å². The van der Waals surface area contributed by atoms with Crippen LogP contribution in [0.3, 0.4) is 0 Å². The lowest BCUT2D eigenvalue weighted by Crippen LogP contribution is -2.28. The number of carbonyl (C=O) groups is 2. The molecule has 1 unspecified atom stereocenters. The van der Waals surface area contributed by atoms with Crippen molar-refractivity contribution < 1.29 is 14.3 Å². The fourth-order valence-corrected chi connectivity index (χ4v) is 3.21. The molecule has 27 heavy (non-hydrogen) atoms. The van der Waals surface area contributed by atoms with Gasteiger partial charge in [0.2, 0.25) is 11.8 Å². The van der Waals surface area contributed by atoms with E-state index in [0.29, 0.717) is 18.9 Å². The molecule has 1 aliphatic heterocycles. The van der Waals surface area contributed by atoms with Crippen molar-refractivity contribution in [1.29, 1.82) is 0 Å². The zero-order chi connectivity index (χ0) is 19.6. The maximum atomic E-state index is 12.7. The monoisotopic (exact) mass is 370 g/mol. The number of aromatic nitrogens is 2. The Balaban J connectivity index is 1.67. The maximum absolute atomic E-state index is 12.7. The Hall–Kier alpha value is -2.83. The Morgan fingerprint density at radius 1 is 1.33 bits per heavy atom. The molecule has 2 amide bonds. The number of carbonyl (C=O) groups excluding carboxylic acids is 2. The van der Waals surface area contributed by atoms with Crippen LogP contribution in [0.25, 0.3) is 0 Å². The third-order valence-electron chi connectivity index (χ3n) is 4.58. The van der Waals surface area contributed by atoms with Crippen molar-refractivity contribution in [2.75, 3.05) is 16.8 Å². The molecule has 1 aliphatic rings. The summed E-state index contributed by atoms with van der Waals surface area (Å²) >= 11 is 0. The van der Waals surface area contributed by atoms with E-state index in [1.165, 1.54) is 0 Å². The second-order valence-corrected chi connectivity index (χ2v) is 7.05. The van der Waals surface area contributed by atoms with Crippen LogP contribution in [0, 0.1) is 12.8 Å². The van der Waals surface area contributed by atoms with Gasteiger partial charge >= 0.3 is 0 Å². The molecule has 7 nitrogen and oxygen atoms in total. The lowest BCUT2D eigenvalue weighted by atomic mass is 10.1. The van der Waals surface area contributed by atoms with Gasteiger partial charge in [0.25, 0.3) is 0 Å². The summed E-state index contributed by atoms with van der Waals surface area (Å²) in [5, 5.41) is 7.17. The van der Waals surface area contributed by atoms with Crippen molar-refractivity contribution in [2.24, 2.45) is 5.92 Å². The Kier molecular flexibility index (Phi) is 5.48. The van der Waals surface area contributed by atoms with Crippen molar-refractivity contribution in [3.05, 3.63) is 36.0 Å². The van der Waals surface area contributed by atoms with Gasteiger partial charge in [-0.15, -0.1) is 0 Å². The normalized spacial score (nSPS) is 16.9. The number of anilines is 2. The van der Waals surface area contributed by atoms with E-state index in [4.69, 9.17) is 4.74 Å². The second-order valence-electron chi connectivity index (χ2n) is 7.05. The molecule has 0 radical (unpaired) electrons. The number of nitrogens with one attached hydrogen (secondary N) is 1. The molecular formula is C20H26N4O3. The smallest absolute Gasteiger partial charge is 0.230 e. The van der Waals surface area contributed by atoms with E-state index in [-0.39, 0.29) is 30.3 Å². The minimum Gasteiger partial charge on any atom is -0.491 e. The largest absolute Gasteiger partial charge is 0.491 e. The lowest BCUT2D eigenvalue weighted by molar-refractivity contribution is -0.122. The molecule has 0 saturated carbocycles. The number of hydrogen-bond donors (Lipinski definition) is 1. The number of nitrogens with zero attached hydrogens (tertiary/aromatic N) is 3. The topological polar surface area (TPSA) is 76.5 Å². The van der Waals surface area contributed by atoms with Crippen LogP contribution in [0.2, 0.25) is 0 Å². The fourth-order valence-electron chi connectivity index (χ4n) is 3.21. The van der Waals surface area contributed by atoms with Gasteiger partial charge in [-0.25, -0.2) is 4.68 Å². The van der Waals surface area contributed by atoms with E-state index in [9.17, 15) is 9.59 Å². The van der Waals surface area contributed by atoms with E-state index in [1.54, 1.807) is 15.8 Å². The molecule has 0 aliphatic carbocycles. The van der Waals surface area contributed by atoms with E-state index >= 15 is 0 Å². The van der Waals surface area contributed by atoms with E-state index in [0.717, 1.165) is 17.0 Å². The van der Waals surface area contributed by atoms with Crippen molar-refractivity contribution in [3.8, 4) is 5.75 Å². The van der Waals surface area contributed by atoms with Gasteiger partial charge in [-0.2, -0.15) is 5.10 Å². The molecule has 2 heterocycles. The number of ether oxygens (including phenoxy) is 1. The van der Waals surface area contributed by atoms with Crippen LogP contribution < -0.4 is 15.0 Å². The number of aryl methyl sites for hydroxylation is 2. The second kappa shape index (κ2) is 7.82. The zero-order valence-electron chi connectivity index (χ0n) is 16.2. The predicted molar refractivity (Wildman–Crippen MR) is 104 cm³/mol. The van der Waals surface area contributed by atoms with Gasteiger partial charge in [-0.1, -0.05) is 0 Å². The Morgan fingerprint density at radius 2 is 2.04 bits per heavy atom. The standard InChI is InChI=1S/C20H26N4O3/c1-5-24-19(14(4)11-21-24)22-20(26)15-10-18(25)23(12-15)16-6-8-17(9-7-16)27-13(2)3/h6-9,11,13,15H,5,10,12H2,1-4H3,(H,22,26). The van der Waals surface area contributed by atoms with Gasteiger partial charge in [0, 0.05) is 30.8 Å². The van der Waals surface area contributed by atoms with Crippen LogP contribution in [0.5, 0.6) is 5.75 Å². The highest BCUT2D eigenvalue weighted by Crippen LogP contribution is 2.28. The highest BCUT2D eigenvalue weighted by Gasteiger charge is 2.35. The van der Waals surface area contributed by atoms with E-state index < -0.39 is 0 Å². The molecule has 1 N–H and O–H groups in total. The van der Waals surface area contributed by atoms with Gasteiger partial charge in [-0.05, 0) is 52.0 Å². The van der Waals surface area contributed by atoms with Crippen LogP contribution in [-0.2, 0) is 16.1 Å². The fraction of sp³-hybridized carbons (Fsp3) is 0.450. The maximum Gasteiger partial charge on any atom is 0.230 e. The summed E-state index contributed by atoms with van der Waals surface area (Å²) in [4.78, 5) is 26.8. The SMILES string of the molecule is CCn1ncc(C)c1NC(=O)C1CC(=O)N(c2ccc(OC(C)C)cc2)C1. The molecule has 1 saturated heterocycles. The average molecular weight is 370 g/mol. The zero-order valence-corrected chi connectivity index (χ0v) is 16.2. The highest BCUT2D eigenvalue weighted by molar-refractivity contribution is 6.03. The molecule has 2 aromatic rings. The number of rotatable bonds is 6. The van der Waals surface area contributed by atoms with Crippen LogP contribution in [0.15, 0.2) is 30.5 Å². The van der Waals surface area contributed by atoms with Gasteiger partial charge in [0.05, 0.1) is 18.2 Å². The Bertz CT molecular complexity index is 826. The Morgan fingerprint density at radius 3 is 2.67 bits per heavy atom. The van der Waals surface area contributed by atoms with Crippen LogP contribution >= 0.6 is 0 Å². The minimum absolute atomic E-state index is 0.0478. The summed E-state index contributed by atoms with van der Waals surface area (Å²) in [6.07, 6.45) is 2.03. The van der Waals surface area contributed by atoms with Crippen LogP contribution in [0.1, 0.15) is 32.8 Å². The predicted octanol–water partition coefficient (Wildman–Crippen LogP) is 2.99. The van der Waals surface area contributed by atoms with Gasteiger partial charge in [0.15, 0.2) is 0 Å². The first-order valence-corrected chi connectivity index (χ1v) is 9.29. The summed E-state index contributed by atoms with van der Waals surface area (Å²) in [5.74, 6) is 0.877. The van der Waals surface area contributed by atoms with Gasteiger partial charge in [-0.3, -0.25) is 9.59 Å². The first kappa shape index (κ1) is 18.9. The molecular weight excluding hydrogens is 344 g/mol. The van der Waals surface area contributed by atoms with Crippen molar-refractivity contribution in [2.45, 2.75) is 46.8 Å². The molecule has 1 atom stereocenters. The minimum atomic E-state index is -0.385. The lowest BCUT2D eigenvalue weighted by Gasteiger charge is -2.18. The Labute approximate surface area is 159 Å². The summed E-state index contributed by atoms with van der Waals surface area (Å²) in [6, 6.07) is 7.40. The van der Waals surface area contributed by atoms with E-state index in [2.05, 4.69) is 10.4 Å². The molecule has 0 bridgehead atoms. The quantitative estimate of drug-likeness (QED) is 0.848. The summed E-state index contributed by atoms with van der Waals surface area (Å²) in [7, 11) is 0. The third-order valence-corrected chi connectivity index (χ3v) is 4.58. The summed E-state index contributed by atoms with van der Waals surface area (Å²) in [6.45, 7) is 8.84. The average Bonchev–Trinajstić information content (AvgIpc) is 3.18. The molecule has 1 aromatic heterocycles. The number of hydrogen-bond acceptors (Lipinski definition) is 4. The van der Waals surface area contributed by atoms with Crippen molar-refractivity contribution in [1.82, 2.24) is 9.78 Å². The number of benzene rings is 1.